The fourth-order valence-electron chi connectivity index (χ4n) is 5.03. The van der Waals surface area contributed by atoms with E-state index in [4.69, 9.17) is 5.73 Å². The van der Waals surface area contributed by atoms with Gasteiger partial charge in [-0.2, -0.15) is 0 Å². The van der Waals surface area contributed by atoms with Crippen LogP contribution in [-0.4, -0.2) is 74.9 Å². The lowest BCUT2D eigenvalue weighted by atomic mass is 9.91. The van der Waals surface area contributed by atoms with E-state index in [1.807, 2.05) is 13.0 Å². The average molecular weight is 465 g/mol. The molecule has 0 unspecified atom stereocenters. The molecular formula is C23H28N8O3. The summed E-state index contributed by atoms with van der Waals surface area (Å²) in [4.78, 5) is 32.3. The Morgan fingerprint density at radius 3 is 2.82 bits per heavy atom. The van der Waals surface area contributed by atoms with Crippen molar-refractivity contribution in [2.45, 2.75) is 51.5 Å². The van der Waals surface area contributed by atoms with Gasteiger partial charge in [-0.1, -0.05) is 0 Å². The number of β-amino-alcohol motifs (C(OH)–C–C–N with tert-alkyl or cyclic N) is 1. The summed E-state index contributed by atoms with van der Waals surface area (Å²) in [5, 5.41) is 22.0. The monoisotopic (exact) mass is 464 g/mol. The molecule has 11 heteroatoms. The lowest BCUT2D eigenvalue weighted by Gasteiger charge is -2.34. The van der Waals surface area contributed by atoms with Gasteiger partial charge in [-0.05, 0) is 39.0 Å². The van der Waals surface area contributed by atoms with Crippen LogP contribution in [0.4, 0.5) is 5.82 Å². The summed E-state index contributed by atoms with van der Waals surface area (Å²) in [5.74, 6) is 0.877. The highest BCUT2D eigenvalue weighted by atomic mass is 16.3. The second kappa shape index (κ2) is 8.03. The van der Waals surface area contributed by atoms with Gasteiger partial charge in [-0.25, -0.2) is 19.9 Å². The predicted octanol–water partition coefficient (Wildman–Crippen LogP) is 1.29. The van der Waals surface area contributed by atoms with E-state index in [0.29, 0.717) is 16.7 Å². The Hall–Kier alpha value is -3.57. The van der Waals surface area contributed by atoms with Crippen molar-refractivity contribution in [2.75, 3.05) is 18.8 Å². The van der Waals surface area contributed by atoms with Crippen LogP contribution < -0.4 is 5.73 Å². The van der Waals surface area contributed by atoms with Crippen molar-refractivity contribution >= 4 is 33.9 Å². The lowest BCUT2D eigenvalue weighted by Crippen LogP contribution is -2.42. The zero-order chi connectivity index (χ0) is 24.2. The van der Waals surface area contributed by atoms with Gasteiger partial charge >= 0.3 is 0 Å². The Bertz CT molecular complexity index is 1390. The number of aromatic nitrogens is 6. The van der Waals surface area contributed by atoms with E-state index in [9.17, 15) is 15.0 Å². The molecule has 1 fully saturated rings. The molecule has 1 aliphatic rings. The van der Waals surface area contributed by atoms with Crippen LogP contribution in [0.3, 0.4) is 0 Å². The molecule has 3 atom stereocenters. The molecule has 0 saturated carbocycles. The van der Waals surface area contributed by atoms with E-state index >= 15 is 0 Å². The Kier molecular flexibility index (Phi) is 5.25. The molecule has 1 amide bonds. The largest absolute Gasteiger partial charge is 0.391 e. The maximum absolute atomic E-state index is 13.6. The summed E-state index contributed by atoms with van der Waals surface area (Å²) in [6.07, 6.45) is 2.07. The first-order chi connectivity index (χ1) is 16.2. The molecule has 0 radical (unpaired) electrons. The Morgan fingerprint density at radius 2 is 2.06 bits per heavy atom. The van der Waals surface area contributed by atoms with Gasteiger partial charge in [0.05, 0.1) is 35.1 Å². The third-order valence-electron chi connectivity index (χ3n) is 6.70. The van der Waals surface area contributed by atoms with E-state index in [1.165, 1.54) is 6.33 Å². The van der Waals surface area contributed by atoms with Crippen molar-refractivity contribution in [3.8, 4) is 0 Å². The van der Waals surface area contributed by atoms with Crippen molar-refractivity contribution in [2.24, 2.45) is 0 Å². The molecule has 0 bridgehead atoms. The number of carbonyl (C=O) groups is 1. The fourth-order valence-corrected chi connectivity index (χ4v) is 5.03. The number of hydrogen-bond acceptors (Lipinski definition) is 8. The van der Waals surface area contributed by atoms with Crippen LogP contribution in [0.1, 0.15) is 42.5 Å². The number of nitrogen functional groups attached to an aromatic ring is 1. The van der Waals surface area contributed by atoms with Crippen LogP contribution in [0.2, 0.25) is 0 Å². The number of fused-ring (bicyclic) bond motifs is 2. The first-order valence-corrected chi connectivity index (χ1v) is 11.3. The van der Waals surface area contributed by atoms with Gasteiger partial charge < -0.3 is 30.0 Å². The van der Waals surface area contributed by atoms with Gasteiger partial charge in [0.25, 0.3) is 5.91 Å². The average Bonchev–Trinajstić information content (AvgIpc) is 3.32. The molecule has 1 saturated heterocycles. The summed E-state index contributed by atoms with van der Waals surface area (Å²) < 4.78 is 3.80. The number of nitrogens with two attached hydrogens (primary N) is 1. The zero-order valence-electron chi connectivity index (χ0n) is 19.4. The predicted molar refractivity (Wildman–Crippen MR) is 126 cm³/mol. The van der Waals surface area contributed by atoms with Crippen molar-refractivity contribution < 1.29 is 15.0 Å². The third kappa shape index (κ3) is 3.57. The van der Waals surface area contributed by atoms with E-state index in [-0.39, 0.29) is 31.2 Å². The Labute approximate surface area is 195 Å². The number of aliphatic hydroxyl groups is 2. The number of aliphatic hydroxyl groups excluding tert-OH is 1. The molecular weight excluding hydrogens is 436 g/mol. The molecule has 3 aromatic heterocycles. The summed E-state index contributed by atoms with van der Waals surface area (Å²) >= 11 is 0. The number of rotatable bonds is 3. The first-order valence-electron chi connectivity index (χ1n) is 11.3. The number of likely N-dealkylation sites (tertiary alicyclic amines) is 1. The maximum Gasteiger partial charge on any atom is 0.254 e. The van der Waals surface area contributed by atoms with Crippen LogP contribution in [-0.2, 0) is 6.54 Å². The second-order valence-electron chi connectivity index (χ2n) is 9.13. The molecule has 178 valence electrons. The van der Waals surface area contributed by atoms with Gasteiger partial charge in [-0.3, -0.25) is 4.79 Å². The van der Waals surface area contributed by atoms with E-state index in [2.05, 4.69) is 31.4 Å². The van der Waals surface area contributed by atoms with Crippen molar-refractivity contribution in [3.05, 3.63) is 42.2 Å². The topological polar surface area (TPSA) is 148 Å². The van der Waals surface area contributed by atoms with E-state index in [0.717, 1.165) is 23.4 Å². The van der Waals surface area contributed by atoms with Crippen LogP contribution in [0, 0.1) is 6.92 Å². The minimum atomic E-state index is -1.33. The molecule has 5 rings (SSSR count). The smallest absolute Gasteiger partial charge is 0.254 e. The van der Waals surface area contributed by atoms with Crippen molar-refractivity contribution in [3.63, 3.8) is 0 Å². The van der Waals surface area contributed by atoms with Gasteiger partial charge in [-0.15, -0.1) is 0 Å². The van der Waals surface area contributed by atoms with Gasteiger partial charge in [0, 0.05) is 31.6 Å². The third-order valence-corrected chi connectivity index (χ3v) is 6.70. The molecule has 4 aromatic rings. The van der Waals surface area contributed by atoms with Crippen molar-refractivity contribution in [1.82, 2.24) is 34.0 Å². The number of aryl methyl sites for hydroxylation is 2. The number of imidazole rings is 2. The van der Waals surface area contributed by atoms with E-state index < -0.39 is 17.7 Å². The highest BCUT2D eigenvalue weighted by Crippen LogP contribution is 2.34. The summed E-state index contributed by atoms with van der Waals surface area (Å²) in [6.45, 7) is 6.67. The number of amides is 1. The molecule has 4 N–H and O–H groups in total. The molecule has 1 aromatic carbocycles. The Balaban J connectivity index is 1.53. The molecule has 11 nitrogen and oxygen atoms in total. The van der Waals surface area contributed by atoms with E-state index in [1.54, 1.807) is 34.9 Å². The molecule has 4 heterocycles. The number of hydrogen-bond donors (Lipinski definition) is 3. The van der Waals surface area contributed by atoms with Crippen LogP contribution >= 0.6 is 0 Å². The summed E-state index contributed by atoms with van der Waals surface area (Å²) in [6, 6.07) is 4.85. The van der Waals surface area contributed by atoms with Crippen LogP contribution in [0.5, 0.6) is 0 Å². The van der Waals surface area contributed by atoms with Crippen molar-refractivity contribution in [1.29, 1.82) is 0 Å². The molecule has 0 aliphatic carbocycles. The first kappa shape index (κ1) is 22.2. The Morgan fingerprint density at radius 1 is 1.26 bits per heavy atom. The van der Waals surface area contributed by atoms with Gasteiger partial charge in [0.1, 0.15) is 17.7 Å². The van der Waals surface area contributed by atoms with Gasteiger partial charge in [0.15, 0.2) is 11.5 Å². The SMILES string of the molecule is CCn1c(C)nc2cc(C(=O)N3C[C@H](O)C[C@](C)(O)[C@@H](n4cnc5c(N)ncnc54)C3)ccc21. The lowest BCUT2D eigenvalue weighted by molar-refractivity contribution is -0.0217. The fraction of sp³-hybridized carbons (Fsp3) is 0.435. The summed E-state index contributed by atoms with van der Waals surface area (Å²) in [7, 11) is 0. The normalized spacial score (nSPS) is 23.5. The minimum Gasteiger partial charge on any atom is -0.391 e. The summed E-state index contributed by atoms with van der Waals surface area (Å²) in [5.41, 5.74) is 7.68. The number of carbonyl (C=O) groups excluding carboxylic acids is 1. The van der Waals surface area contributed by atoms with Crippen LogP contribution in [0.25, 0.3) is 22.2 Å². The highest BCUT2D eigenvalue weighted by molar-refractivity contribution is 5.97. The van der Waals surface area contributed by atoms with Gasteiger partial charge in [0.2, 0.25) is 0 Å². The minimum absolute atomic E-state index is 0.0841. The molecule has 34 heavy (non-hydrogen) atoms. The maximum atomic E-state index is 13.6. The zero-order valence-corrected chi connectivity index (χ0v) is 19.4. The standard InChI is InChI=1S/C23H28N8O3/c1-4-30-13(2)28-16-7-14(5-6-17(16)30)22(33)29-9-15(32)8-23(3,34)18(10-29)31-12-27-19-20(24)25-11-26-21(19)31/h5-7,11-12,15,18,32,34H,4,8-10H2,1-3H3,(H2,24,25,26)/t15-,18+,23+/m1/s1. The number of benzene rings is 1. The quantitative estimate of drug-likeness (QED) is 0.411. The van der Waals surface area contributed by atoms with Crippen LogP contribution in [0.15, 0.2) is 30.9 Å². The molecule has 1 aliphatic heterocycles. The second-order valence-corrected chi connectivity index (χ2v) is 9.13. The number of anilines is 1. The number of nitrogens with zero attached hydrogens (tertiary/aromatic N) is 7. The highest BCUT2D eigenvalue weighted by Gasteiger charge is 2.42. The molecule has 0 spiro atoms.